The zero-order valence-electron chi connectivity index (χ0n) is 29.4. The maximum absolute atomic E-state index is 14.2. The van der Waals surface area contributed by atoms with Crippen molar-refractivity contribution in [2.75, 3.05) is 20.7 Å². The number of methoxy groups -OCH3 is 1. The Kier molecular flexibility index (Phi) is 9.59. The van der Waals surface area contributed by atoms with Gasteiger partial charge < -0.3 is 19.7 Å². The number of ether oxygens (including phenoxy) is 2. The molecule has 0 radical (unpaired) electrons. The van der Waals surface area contributed by atoms with E-state index >= 15 is 0 Å². The third-order valence-electron chi connectivity index (χ3n) is 10.6. The normalized spacial score (nSPS) is 27.0. The van der Waals surface area contributed by atoms with Crippen LogP contribution in [0.2, 0.25) is 0 Å². The summed E-state index contributed by atoms with van der Waals surface area (Å²) in [5.41, 5.74) is 0.224. The molecule has 0 bridgehead atoms. The van der Waals surface area contributed by atoms with Crippen LogP contribution < -0.4 is 19.5 Å². The molecule has 0 unspecified atom stereocenters. The van der Waals surface area contributed by atoms with Gasteiger partial charge in [-0.15, -0.1) is 11.3 Å². The minimum absolute atomic E-state index is 0.156. The molecule has 51 heavy (non-hydrogen) atoms. The molecule has 2 aromatic heterocycles. The zero-order valence-corrected chi connectivity index (χ0v) is 31.0. The Hall–Kier alpha value is -4.04. The average Bonchev–Trinajstić information content (AvgIpc) is 3.98. The van der Waals surface area contributed by atoms with Crippen LogP contribution in [-0.4, -0.2) is 78.6 Å². The Morgan fingerprint density at radius 1 is 1.12 bits per heavy atom. The van der Waals surface area contributed by atoms with E-state index in [1.165, 1.54) is 11.3 Å². The first-order valence-corrected chi connectivity index (χ1v) is 20.2. The number of carbonyl (C=O) groups excluding carboxylic acids is 3. The van der Waals surface area contributed by atoms with Crippen molar-refractivity contribution in [2.24, 2.45) is 17.8 Å². The molecule has 0 spiro atoms. The Balaban J connectivity index is 1.19. The number of rotatable bonds is 8. The highest BCUT2D eigenvalue weighted by atomic mass is 32.2. The van der Waals surface area contributed by atoms with Crippen LogP contribution in [0.5, 0.6) is 11.6 Å². The highest BCUT2D eigenvalue weighted by Crippen LogP contribution is 2.47. The van der Waals surface area contributed by atoms with Gasteiger partial charge in [-0.05, 0) is 86.9 Å². The number of carbonyl (C=O) groups is 3. The van der Waals surface area contributed by atoms with Crippen LogP contribution in [0.25, 0.3) is 21.5 Å². The fourth-order valence-electron chi connectivity index (χ4n) is 7.25. The predicted molar refractivity (Wildman–Crippen MR) is 194 cm³/mol. The quantitative estimate of drug-likeness (QED) is 0.306. The molecule has 1 aromatic carbocycles. The highest BCUT2D eigenvalue weighted by molar-refractivity contribution is 7.91. The van der Waals surface area contributed by atoms with E-state index in [2.05, 4.69) is 23.9 Å². The number of hydrogen-bond donors (Lipinski definition) is 2. The molecule has 7 rings (SSSR count). The van der Waals surface area contributed by atoms with E-state index in [4.69, 9.17) is 19.4 Å². The topological polar surface area (TPSA) is 157 Å². The average molecular weight is 736 g/mol. The zero-order chi connectivity index (χ0) is 36.1. The van der Waals surface area contributed by atoms with Gasteiger partial charge in [-0.2, -0.15) is 0 Å². The van der Waals surface area contributed by atoms with E-state index in [0.29, 0.717) is 36.7 Å². The summed E-state index contributed by atoms with van der Waals surface area (Å²) in [6.07, 6.45) is 7.53. The summed E-state index contributed by atoms with van der Waals surface area (Å²) >= 11 is 1.51. The van der Waals surface area contributed by atoms with Gasteiger partial charge in [0.15, 0.2) is 0 Å². The number of benzene rings is 1. The number of amides is 3. The van der Waals surface area contributed by atoms with Crippen molar-refractivity contribution in [1.29, 1.82) is 0 Å². The summed E-state index contributed by atoms with van der Waals surface area (Å²) in [5, 5.41) is 6.76. The molecule has 12 nitrogen and oxygen atoms in total. The monoisotopic (exact) mass is 735 g/mol. The van der Waals surface area contributed by atoms with E-state index in [1.807, 2.05) is 41.8 Å². The summed E-state index contributed by atoms with van der Waals surface area (Å²) in [4.78, 5) is 53.2. The molecule has 3 aliphatic carbocycles. The van der Waals surface area contributed by atoms with Crippen LogP contribution in [0.15, 0.2) is 41.8 Å². The van der Waals surface area contributed by atoms with Crippen molar-refractivity contribution in [3.8, 4) is 22.3 Å². The van der Waals surface area contributed by atoms with Crippen LogP contribution in [0.3, 0.4) is 0 Å². The van der Waals surface area contributed by atoms with Crippen molar-refractivity contribution < 1.29 is 32.3 Å². The van der Waals surface area contributed by atoms with E-state index < -0.39 is 50.6 Å². The van der Waals surface area contributed by atoms with E-state index in [9.17, 15) is 22.8 Å². The molecular weight excluding hydrogens is 691 g/mol. The fraction of sp³-hybridized carbons (Fsp3) is 0.541. The molecule has 3 heterocycles. The molecule has 0 saturated heterocycles. The van der Waals surface area contributed by atoms with Crippen LogP contribution in [0.1, 0.15) is 76.8 Å². The number of hydrogen-bond acceptors (Lipinski definition) is 10. The molecule has 3 fully saturated rings. The number of sulfonamides is 1. The van der Waals surface area contributed by atoms with Crippen LogP contribution in [-0.2, 0) is 24.4 Å². The number of thiazole rings is 1. The summed E-state index contributed by atoms with van der Waals surface area (Å²) in [6.45, 7) is 4.73. The van der Waals surface area contributed by atoms with Gasteiger partial charge in [0.1, 0.15) is 28.1 Å². The van der Waals surface area contributed by atoms with E-state index in [0.717, 1.165) is 40.7 Å². The second-order valence-corrected chi connectivity index (χ2v) is 17.5. The van der Waals surface area contributed by atoms with Gasteiger partial charge in [-0.3, -0.25) is 19.1 Å². The minimum Gasteiger partial charge on any atom is -0.497 e. The SMILES string of the molecule is COc1ccc2c(O[C@@H]3C[C@H]4C(=O)N[C@]5(C(=O)NS(=O)(=O)C6CC6)C[C@H]5C=CCCCCN(C)C(=O)[C@@H]4C3)nc(-c3nc(C(C)C)cs3)cc2c1. The van der Waals surface area contributed by atoms with Crippen molar-refractivity contribution in [3.05, 3.63) is 47.5 Å². The van der Waals surface area contributed by atoms with Gasteiger partial charge >= 0.3 is 0 Å². The van der Waals surface area contributed by atoms with Crippen molar-refractivity contribution >= 4 is 49.9 Å². The number of nitrogens with zero attached hydrogens (tertiary/aromatic N) is 3. The minimum atomic E-state index is -3.83. The molecule has 14 heteroatoms. The van der Waals surface area contributed by atoms with Gasteiger partial charge in [0, 0.05) is 30.3 Å². The number of aromatic nitrogens is 2. The summed E-state index contributed by atoms with van der Waals surface area (Å²) in [6, 6.07) is 7.60. The Labute approximate surface area is 302 Å². The van der Waals surface area contributed by atoms with Crippen molar-refractivity contribution in [2.45, 2.75) is 88.0 Å². The third-order valence-corrected chi connectivity index (χ3v) is 13.3. The Morgan fingerprint density at radius 2 is 1.90 bits per heavy atom. The number of pyridine rings is 1. The molecule has 5 atom stereocenters. The van der Waals surface area contributed by atoms with Gasteiger partial charge in [0.05, 0.1) is 29.9 Å². The lowest BCUT2D eigenvalue weighted by Crippen LogP contribution is -2.54. The maximum Gasteiger partial charge on any atom is 0.259 e. The molecule has 1 aliphatic heterocycles. The van der Waals surface area contributed by atoms with E-state index in [-0.39, 0.29) is 37.0 Å². The van der Waals surface area contributed by atoms with Gasteiger partial charge in [0.25, 0.3) is 5.91 Å². The van der Waals surface area contributed by atoms with Crippen molar-refractivity contribution in [3.63, 3.8) is 0 Å². The molecular formula is C37H45N5O7S2. The molecule has 3 amide bonds. The Morgan fingerprint density at radius 3 is 2.63 bits per heavy atom. The first-order chi connectivity index (χ1) is 24.4. The van der Waals surface area contributed by atoms with Crippen LogP contribution in [0, 0.1) is 17.8 Å². The summed E-state index contributed by atoms with van der Waals surface area (Å²) in [7, 11) is -0.459. The smallest absolute Gasteiger partial charge is 0.259 e. The number of nitrogens with one attached hydrogen (secondary N) is 2. The lowest BCUT2D eigenvalue weighted by Gasteiger charge is -2.26. The molecule has 4 aliphatic rings. The predicted octanol–water partition coefficient (Wildman–Crippen LogP) is 4.95. The first kappa shape index (κ1) is 35.4. The molecule has 3 saturated carbocycles. The molecule has 2 N–H and O–H groups in total. The third kappa shape index (κ3) is 7.21. The van der Waals surface area contributed by atoms with Gasteiger partial charge in [-0.25, -0.2) is 18.4 Å². The molecule has 272 valence electrons. The van der Waals surface area contributed by atoms with Crippen LogP contribution >= 0.6 is 11.3 Å². The fourth-order valence-corrected chi connectivity index (χ4v) is 9.55. The second-order valence-electron chi connectivity index (χ2n) is 14.7. The largest absolute Gasteiger partial charge is 0.497 e. The van der Waals surface area contributed by atoms with E-state index in [1.54, 1.807) is 19.1 Å². The van der Waals surface area contributed by atoms with Crippen molar-refractivity contribution in [1.82, 2.24) is 24.9 Å². The molecule has 3 aromatic rings. The standard InChI is InChI=1S/C37H45N5O7S2/c1-21(2)31-20-50-34(39-31)30-16-22-15-24(48-4)10-13-27(22)33(38-30)49-25-17-28-29(18-25)35(44)42(3)14-8-6-5-7-9-23-19-37(23,40-32(28)43)36(45)41-51(46,47)26-11-12-26/h7,9-10,13,15-16,20-21,23,25-26,28-29H,5-6,8,11-12,14,17-19H2,1-4H3,(H,40,43)(H,41,45)/t23-,25-,28-,29-,37-/m1/s1. The lowest BCUT2D eigenvalue weighted by atomic mass is 9.93. The summed E-state index contributed by atoms with van der Waals surface area (Å²) < 4.78 is 39.9. The summed E-state index contributed by atoms with van der Waals surface area (Å²) in [5.74, 6) is -1.87. The first-order valence-electron chi connectivity index (χ1n) is 17.8. The van der Waals surface area contributed by atoms with Gasteiger partial charge in [-0.1, -0.05) is 26.0 Å². The highest BCUT2D eigenvalue weighted by Gasteiger charge is 2.62. The lowest BCUT2D eigenvalue weighted by molar-refractivity contribution is -0.140. The maximum atomic E-state index is 14.2. The number of allylic oxidation sites excluding steroid dienone is 1. The van der Waals surface area contributed by atoms with Gasteiger partial charge in [0.2, 0.25) is 27.7 Å². The number of fused-ring (bicyclic) bond motifs is 3. The second kappa shape index (κ2) is 13.8. The Bertz CT molecular complexity index is 1990. The van der Waals surface area contributed by atoms with Crippen LogP contribution in [0.4, 0.5) is 0 Å².